The Kier molecular flexibility index (Phi) is 5.67. The summed E-state index contributed by atoms with van der Waals surface area (Å²) in [7, 11) is 0. The van der Waals surface area contributed by atoms with E-state index in [2.05, 4.69) is 53.3 Å². The molecule has 1 atom stereocenters. The van der Waals surface area contributed by atoms with E-state index in [0.717, 1.165) is 42.8 Å². The minimum atomic E-state index is 0.290. The van der Waals surface area contributed by atoms with Crippen LogP contribution in [0.4, 0.5) is 0 Å². The predicted octanol–water partition coefficient (Wildman–Crippen LogP) is 3.68. The minimum Gasteiger partial charge on any atom is -0.490 e. The van der Waals surface area contributed by atoms with Gasteiger partial charge in [0, 0.05) is 23.4 Å². The van der Waals surface area contributed by atoms with Gasteiger partial charge in [-0.15, -0.1) is 0 Å². The molecule has 1 saturated heterocycles. The van der Waals surface area contributed by atoms with E-state index >= 15 is 0 Å². The van der Waals surface area contributed by atoms with Gasteiger partial charge < -0.3 is 14.8 Å². The molecule has 1 N–H and O–H groups in total. The Labute approximate surface area is 123 Å². The van der Waals surface area contributed by atoms with Crippen LogP contribution in [-0.4, -0.2) is 25.9 Å². The van der Waals surface area contributed by atoms with E-state index in [1.54, 1.807) is 0 Å². The first kappa shape index (κ1) is 14.8. The molecule has 0 amide bonds. The standard InChI is InChI=1S/C15H22BrNO2/c1-3-17-11(2)14-5-4-13(10-15(14)16)19-12-6-8-18-9-7-12/h4-5,10-12,17H,3,6-9H2,1-2H3. The van der Waals surface area contributed by atoms with E-state index < -0.39 is 0 Å². The Morgan fingerprint density at radius 2 is 2.16 bits per heavy atom. The zero-order chi connectivity index (χ0) is 13.7. The average Bonchev–Trinajstić information content (AvgIpc) is 2.40. The lowest BCUT2D eigenvalue weighted by atomic mass is 10.1. The number of halogens is 1. The molecule has 106 valence electrons. The highest BCUT2D eigenvalue weighted by molar-refractivity contribution is 9.10. The van der Waals surface area contributed by atoms with Crippen LogP contribution in [0, 0.1) is 0 Å². The Hall–Kier alpha value is -0.580. The molecule has 1 heterocycles. The van der Waals surface area contributed by atoms with E-state index in [9.17, 15) is 0 Å². The number of ether oxygens (including phenoxy) is 2. The first-order valence-electron chi connectivity index (χ1n) is 6.98. The van der Waals surface area contributed by atoms with E-state index in [1.165, 1.54) is 5.56 Å². The lowest BCUT2D eigenvalue weighted by Crippen LogP contribution is -2.25. The molecule has 4 heteroatoms. The zero-order valence-electron chi connectivity index (χ0n) is 11.6. The maximum absolute atomic E-state index is 6.00. The maximum Gasteiger partial charge on any atom is 0.120 e. The van der Waals surface area contributed by atoms with Crippen molar-refractivity contribution in [3.8, 4) is 5.75 Å². The summed E-state index contributed by atoms with van der Waals surface area (Å²) in [5, 5.41) is 3.42. The molecule has 0 saturated carbocycles. The topological polar surface area (TPSA) is 30.5 Å². The summed E-state index contributed by atoms with van der Waals surface area (Å²) in [5.41, 5.74) is 1.26. The molecule has 1 unspecified atom stereocenters. The second kappa shape index (κ2) is 7.27. The number of nitrogens with one attached hydrogen (secondary N) is 1. The van der Waals surface area contributed by atoms with Crippen LogP contribution in [0.5, 0.6) is 5.75 Å². The molecule has 0 aromatic heterocycles. The number of hydrogen-bond donors (Lipinski definition) is 1. The fraction of sp³-hybridized carbons (Fsp3) is 0.600. The zero-order valence-corrected chi connectivity index (χ0v) is 13.2. The van der Waals surface area contributed by atoms with E-state index in [-0.39, 0.29) is 6.10 Å². The van der Waals surface area contributed by atoms with Crippen molar-refractivity contribution in [1.29, 1.82) is 0 Å². The average molecular weight is 328 g/mol. The molecular formula is C15H22BrNO2. The smallest absolute Gasteiger partial charge is 0.120 e. The largest absolute Gasteiger partial charge is 0.490 e. The Morgan fingerprint density at radius 1 is 1.42 bits per heavy atom. The van der Waals surface area contributed by atoms with Crippen LogP contribution in [0.2, 0.25) is 0 Å². The molecule has 0 bridgehead atoms. The fourth-order valence-corrected chi connectivity index (χ4v) is 3.04. The van der Waals surface area contributed by atoms with Crippen molar-refractivity contribution in [3.63, 3.8) is 0 Å². The van der Waals surface area contributed by atoms with Gasteiger partial charge >= 0.3 is 0 Å². The molecule has 1 fully saturated rings. The summed E-state index contributed by atoms with van der Waals surface area (Å²) in [6.45, 7) is 6.87. The van der Waals surface area contributed by atoms with Crippen molar-refractivity contribution in [3.05, 3.63) is 28.2 Å². The van der Waals surface area contributed by atoms with Crippen LogP contribution in [0.3, 0.4) is 0 Å². The van der Waals surface area contributed by atoms with E-state index in [1.807, 2.05) is 0 Å². The third kappa shape index (κ3) is 4.20. The molecule has 2 rings (SSSR count). The Bertz CT molecular complexity index is 405. The second-order valence-electron chi connectivity index (χ2n) is 4.89. The van der Waals surface area contributed by atoms with Crippen LogP contribution < -0.4 is 10.1 Å². The van der Waals surface area contributed by atoms with Crippen molar-refractivity contribution < 1.29 is 9.47 Å². The van der Waals surface area contributed by atoms with Crippen molar-refractivity contribution in [2.24, 2.45) is 0 Å². The van der Waals surface area contributed by atoms with Crippen LogP contribution >= 0.6 is 15.9 Å². The third-order valence-corrected chi connectivity index (χ3v) is 4.11. The van der Waals surface area contributed by atoms with Crippen molar-refractivity contribution in [2.45, 2.75) is 38.8 Å². The molecule has 1 aromatic rings. The van der Waals surface area contributed by atoms with Gasteiger partial charge in [-0.3, -0.25) is 0 Å². The van der Waals surface area contributed by atoms with Gasteiger partial charge in [-0.2, -0.15) is 0 Å². The summed E-state index contributed by atoms with van der Waals surface area (Å²) in [6, 6.07) is 6.60. The SMILES string of the molecule is CCNC(C)c1ccc(OC2CCOCC2)cc1Br. The molecule has 0 spiro atoms. The fourth-order valence-electron chi connectivity index (χ4n) is 2.33. The monoisotopic (exact) mass is 327 g/mol. The lowest BCUT2D eigenvalue weighted by molar-refractivity contribution is 0.0255. The van der Waals surface area contributed by atoms with Gasteiger partial charge in [0.05, 0.1) is 13.2 Å². The molecule has 0 radical (unpaired) electrons. The quantitative estimate of drug-likeness (QED) is 0.894. The molecular weight excluding hydrogens is 306 g/mol. The molecule has 3 nitrogen and oxygen atoms in total. The third-order valence-electron chi connectivity index (χ3n) is 3.42. The summed E-state index contributed by atoms with van der Waals surface area (Å²) < 4.78 is 12.4. The van der Waals surface area contributed by atoms with Crippen molar-refractivity contribution in [2.75, 3.05) is 19.8 Å². The van der Waals surface area contributed by atoms with Crippen LogP contribution in [0.15, 0.2) is 22.7 Å². The van der Waals surface area contributed by atoms with Gasteiger partial charge in [-0.25, -0.2) is 0 Å². The van der Waals surface area contributed by atoms with E-state index in [4.69, 9.17) is 9.47 Å². The summed E-state index contributed by atoms with van der Waals surface area (Å²) in [5.74, 6) is 0.936. The Morgan fingerprint density at radius 3 is 2.79 bits per heavy atom. The molecule has 0 aliphatic carbocycles. The molecule has 19 heavy (non-hydrogen) atoms. The summed E-state index contributed by atoms with van der Waals surface area (Å²) in [6.07, 6.45) is 2.25. The molecule has 1 aliphatic rings. The lowest BCUT2D eigenvalue weighted by Gasteiger charge is -2.24. The van der Waals surface area contributed by atoms with Gasteiger partial charge in [0.15, 0.2) is 0 Å². The highest BCUT2D eigenvalue weighted by atomic mass is 79.9. The van der Waals surface area contributed by atoms with Gasteiger partial charge in [0.1, 0.15) is 11.9 Å². The highest BCUT2D eigenvalue weighted by Crippen LogP contribution is 2.29. The highest BCUT2D eigenvalue weighted by Gasteiger charge is 2.16. The van der Waals surface area contributed by atoms with Gasteiger partial charge in [-0.05, 0) is 31.2 Å². The van der Waals surface area contributed by atoms with Crippen LogP contribution in [0.25, 0.3) is 0 Å². The summed E-state index contributed by atoms with van der Waals surface area (Å²) in [4.78, 5) is 0. The summed E-state index contributed by atoms with van der Waals surface area (Å²) >= 11 is 3.64. The van der Waals surface area contributed by atoms with Crippen molar-refractivity contribution >= 4 is 15.9 Å². The minimum absolute atomic E-state index is 0.290. The first-order chi connectivity index (χ1) is 9.20. The van der Waals surface area contributed by atoms with Gasteiger partial charge in [0.25, 0.3) is 0 Å². The molecule has 1 aromatic carbocycles. The van der Waals surface area contributed by atoms with Gasteiger partial charge in [0.2, 0.25) is 0 Å². The first-order valence-corrected chi connectivity index (χ1v) is 7.77. The molecule has 1 aliphatic heterocycles. The van der Waals surface area contributed by atoms with Gasteiger partial charge in [-0.1, -0.05) is 28.9 Å². The number of hydrogen-bond acceptors (Lipinski definition) is 3. The maximum atomic E-state index is 6.00. The predicted molar refractivity (Wildman–Crippen MR) is 80.7 cm³/mol. The normalized spacial score (nSPS) is 18.3. The van der Waals surface area contributed by atoms with E-state index in [0.29, 0.717) is 6.04 Å². The Balaban J connectivity index is 2.01. The number of benzene rings is 1. The van der Waals surface area contributed by atoms with Crippen LogP contribution in [-0.2, 0) is 4.74 Å². The van der Waals surface area contributed by atoms with Crippen molar-refractivity contribution in [1.82, 2.24) is 5.32 Å². The van der Waals surface area contributed by atoms with Crippen LogP contribution in [0.1, 0.15) is 38.3 Å². The second-order valence-corrected chi connectivity index (χ2v) is 5.75. The number of rotatable bonds is 5.